The number of esters is 1. The van der Waals surface area contributed by atoms with E-state index in [9.17, 15) is 9.59 Å². The van der Waals surface area contributed by atoms with Crippen LogP contribution in [0, 0.1) is 0 Å². The van der Waals surface area contributed by atoms with E-state index in [0.29, 0.717) is 12.4 Å². The fourth-order valence-electron chi connectivity index (χ4n) is 1.79. The normalized spacial score (nSPS) is 24.1. The monoisotopic (exact) mass is 272 g/mol. The van der Waals surface area contributed by atoms with E-state index >= 15 is 0 Å². The van der Waals surface area contributed by atoms with E-state index in [1.54, 1.807) is 0 Å². The summed E-state index contributed by atoms with van der Waals surface area (Å²) in [6.07, 6.45) is 2.47. The predicted molar refractivity (Wildman–Crippen MR) is 65.8 cm³/mol. The summed E-state index contributed by atoms with van der Waals surface area (Å²) in [6, 6.07) is 0. The molecule has 2 aliphatic rings. The third-order valence-electron chi connectivity index (χ3n) is 2.72. The largest absolute Gasteiger partial charge is 0.457 e. The summed E-state index contributed by atoms with van der Waals surface area (Å²) in [5, 5.41) is 0.00937. The van der Waals surface area contributed by atoms with Gasteiger partial charge in [-0.25, -0.2) is 4.79 Å². The molecule has 5 nitrogen and oxygen atoms in total. The Morgan fingerprint density at radius 2 is 2.33 bits per heavy atom. The van der Waals surface area contributed by atoms with Gasteiger partial charge in [-0.2, -0.15) is 0 Å². The Morgan fingerprint density at radius 3 is 3.00 bits per heavy atom. The molecule has 1 atom stereocenters. The highest BCUT2D eigenvalue weighted by atomic mass is 32.2. The Bertz CT molecular complexity index is 371. The second-order valence-corrected chi connectivity index (χ2v) is 5.36. The van der Waals surface area contributed by atoms with Gasteiger partial charge in [0.25, 0.3) is 0 Å². The fourth-order valence-corrected chi connectivity index (χ4v) is 2.38. The van der Waals surface area contributed by atoms with Gasteiger partial charge in [0.2, 0.25) is 5.76 Å². The van der Waals surface area contributed by atoms with Crippen LogP contribution in [0.5, 0.6) is 0 Å². The zero-order chi connectivity index (χ0) is 13.0. The molecule has 1 saturated heterocycles. The molecule has 6 heteroatoms. The average Bonchev–Trinajstić information content (AvgIpc) is 2.70. The number of carbonyl (C=O) groups excluding carboxylic acids is 2. The Hall–Kier alpha value is -1.01. The summed E-state index contributed by atoms with van der Waals surface area (Å²) in [6.45, 7) is 2.36. The Morgan fingerprint density at radius 1 is 1.50 bits per heavy atom. The molecule has 2 heterocycles. The number of hydrogen-bond acceptors (Lipinski definition) is 6. The molecular weight excluding hydrogens is 256 g/mol. The lowest BCUT2D eigenvalue weighted by atomic mass is 10.2. The number of hydrogen-bond donors (Lipinski definition) is 0. The molecule has 2 rings (SSSR count). The highest BCUT2D eigenvalue weighted by Crippen LogP contribution is 2.25. The minimum atomic E-state index is -0.455. The standard InChI is InChI=1S/C12H16O5S/c1-8(13)18-7-9-6-16-12(14)11(9)17-10-4-2-3-5-15-10/h10H,2-7H2,1H3. The summed E-state index contributed by atoms with van der Waals surface area (Å²) >= 11 is 1.15. The van der Waals surface area contributed by atoms with Gasteiger partial charge in [0.05, 0.1) is 6.61 Å². The molecule has 2 aliphatic heterocycles. The fraction of sp³-hybridized carbons (Fsp3) is 0.667. The summed E-state index contributed by atoms with van der Waals surface area (Å²) < 4.78 is 15.9. The van der Waals surface area contributed by atoms with Crippen LogP contribution in [0.3, 0.4) is 0 Å². The van der Waals surface area contributed by atoms with Crippen molar-refractivity contribution < 1.29 is 23.8 Å². The van der Waals surface area contributed by atoms with E-state index in [1.165, 1.54) is 6.92 Å². The van der Waals surface area contributed by atoms with Crippen LogP contribution in [-0.2, 0) is 23.8 Å². The predicted octanol–water partition coefficient (Wildman–Crippen LogP) is 1.62. The molecule has 18 heavy (non-hydrogen) atoms. The van der Waals surface area contributed by atoms with Crippen molar-refractivity contribution in [3.8, 4) is 0 Å². The second kappa shape index (κ2) is 6.24. The van der Waals surface area contributed by atoms with Gasteiger partial charge in [-0.05, 0) is 12.8 Å². The molecule has 1 unspecified atom stereocenters. The van der Waals surface area contributed by atoms with Crippen LogP contribution in [0.4, 0.5) is 0 Å². The highest BCUT2D eigenvalue weighted by molar-refractivity contribution is 8.13. The van der Waals surface area contributed by atoms with Crippen LogP contribution in [0.1, 0.15) is 26.2 Å². The Balaban J connectivity index is 1.97. The maximum absolute atomic E-state index is 11.5. The molecule has 0 aliphatic carbocycles. The molecule has 0 amide bonds. The molecule has 0 radical (unpaired) electrons. The maximum atomic E-state index is 11.5. The first-order valence-corrected chi connectivity index (χ1v) is 6.96. The molecular formula is C12H16O5S. The zero-order valence-corrected chi connectivity index (χ0v) is 11.1. The first-order chi connectivity index (χ1) is 8.66. The van der Waals surface area contributed by atoms with E-state index in [0.717, 1.165) is 36.6 Å². The van der Waals surface area contributed by atoms with Crippen molar-refractivity contribution in [2.75, 3.05) is 19.0 Å². The molecule has 0 bridgehead atoms. The Kier molecular flexibility index (Phi) is 4.66. The molecule has 0 N–H and O–H groups in total. The Labute approximate surface area is 110 Å². The van der Waals surface area contributed by atoms with Crippen molar-refractivity contribution in [2.45, 2.75) is 32.5 Å². The van der Waals surface area contributed by atoms with Crippen molar-refractivity contribution in [3.05, 3.63) is 11.3 Å². The van der Waals surface area contributed by atoms with Crippen LogP contribution in [0.2, 0.25) is 0 Å². The van der Waals surface area contributed by atoms with E-state index in [2.05, 4.69) is 0 Å². The number of ether oxygens (including phenoxy) is 3. The number of carbonyl (C=O) groups is 2. The summed E-state index contributed by atoms with van der Waals surface area (Å²) in [5.74, 6) is 0.210. The lowest BCUT2D eigenvalue weighted by molar-refractivity contribution is -0.159. The molecule has 0 spiro atoms. The first kappa shape index (κ1) is 13.4. The topological polar surface area (TPSA) is 61.8 Å². The van der Waals surface area contributed by atoms with Crippen LogP contribution in [0.15, 0.2) is 11.3 Å². The van der Waals surface area contributed by atoms with E-state index in [1.807, 2.05) is 0 Å². The lowest BCUT2D eigenvalue weighted by Crippen LogP contribution is -2.23. The van der Waals surface area contributed by atoms with Crippen LogP contribution >= 0.6 is 11.8 Å². The van der Waals surface area contributed by atoms with Crippen LogP contribution < -0.4 is 0 Å². The summed E-state index contributed by atoms with van der Waals surface area (Å²) in [5.41, 5.74) is 0.731. The first-order valence-electron chi connectivity index (χ1n) is 5.97. The van der Waals surface area contributed by atoms with Gasteiger partial charge in [0.15, 0.2) is 11.4 Å². The summed E-state index contributed by atoms with van der Waals surface area (Å²) in [7, 11) is 0. The van der Waals surface area contributed by atoms with Crippen molar-refractivity contribution >= 4 is 22.8 Å². The SMILES string of the molecule is CC(=O)SCC1=C(OC2CCCCO2)C(=O)OC1. The van der Waals surface area contributed by atoms with Gasteiger partial charge >= 0.3 is 5.97 Å². The van der Waals surface area contributed by atoms with E-state index < -0.39 is 5.97 Å². The average molecular weight is 272 g/mol. The van der Waals surface area contributed by atoms with Crippen molar-refractivity contribution in [2.24, 2.45) is 0 Å². The van der Waals surface area contributed by atoms with Gasteiger partial charge < -0.3 is 14.2 Å². The number of cyclic esters (lactones) is 1. The number of rotatable bonds is 4. The molecule has 0 aromatic carbocycles. The summed E-state index contributed by atoms with van der Waals surface area (Å²) in [4.78, 5) is 22.5. The van der Waals surface area contributed by atoms with Gasteiger partial charge in [0.1, 0.15) is 6.61 Å². The van der Waals surface area contributed by atoms with Crippen molar-refractivity contribution in [1.82, 2.24) is 0 Å². The number of thioether (sulfide) groups is 1. The van der Waals surface area contributed by atoms with Gasteiger partial charge in [-0.15, -0.1) is 0 Å². The third kappa shape index (κ3) is 3.49. The minimum Gasteiger partial charge on any atom is -0.457 e. The maximum Gasteiger partial charge on any atom is 0.374 e. The van der Waals surface area contributed by atoms with Crippen molar-refractivity contribution in [3.63, 3.8) is 0 Å². The lowest BCUT2D eigenvalue weighted by Gasteiger charge is -2.23. The minimum absolute atomic E-state index is 0.00937. The molecule has 0 saturated carbocycles. The smallest absolute Gasteiger partial charge is 0.374 e. The van der Waals surface area contributed by atoms with Gasteiger partial charge in [-0.1, -0.05) is 11.8 Å². The zero-order valence-electron chi connectivity index (χ0n) is 10.3. The van der Waals surface area contributed by atoms with Gasteiger partial charge in [0, 0.05) is 24.7 Å². The van der Waals surface area contributed by atoms with Crippen molar-refractivity contribution in [1.29, 1.82) is 0 Å². The van der Waals surface area contributed by atoms with E-state index in [4.69, 9.17) is 14.2 Å². The third-order valence-corrected chi connectivity index (χ3v) is 3.62. The molecule has 0 aromatic rings. The highest BCUT2D eigenvalue weighted by Gasteiger charge is 2.30. The van der Waals surface area contributed by atoms with E-state index in [-0.39, 0.29) is 23.8 Å². The second-order valence-electron chi connectivity index (χ2n) is 4.20. The molecule has 0 aromatic heterocycles. The molecule has 100 valence electrons. The molecule has 1 fully saturated rings. The van der Waals surface area contributed by atoms with Gasteiger partial charge in [-0.3, -0.25) is 4.79 Å². The van der Waals surface area contributed by atoms with Crippen LogP contribution in [-0.4, -0.2) is 36.3 Å². The quantitative estimate of drug-likeness (QED) is 0.725. The van der Waals surface area contributed by atoms with Crippen LogP contribution in [0.25, 0.3) is 0 Å².